The molecular formula is C23H27N5O3. The number of likely N-dealkylation sites (N-methyl/N-ethyl adjacent to an activating group) is 1. The van der Waals surface area contributed by atoms with Crippen LogP contribution in [0.15, 0.2) is 48.8 Å². The van der Waals surface area contributed by atoms with E-state index in [4.69, 9.17) is 4.74 Å². The molecule has 1 fully saturated rings. The number of hydrogen-bond donors (Lipinski definition) is 2. The molecule has 1 unspecified atom stereocenters. The maximum absolute atomic E-state index is 13.0. The summed E-state index contributed by atoms with van der Waals surface area (Å²) in [5.74, 6) is -0.00290. The lowest BCUT2D eigenvalue weighted by Crippen LogP contribution is -2.53. The number of piperidine rings is 1. The Kier molecular flexibility index (Phi) is 5.79. The van der Waals surface area contributed by atoms with Crippen LogP contribution in [0.4, 0.5) is 16.2 Å². The standard InChI is InChI=1S/C23H27N5O3/c1-15-9-12-28(23(30)26-17-6-4-5-16(13-17)22(29)31-3)14-20(15)27(2)19-8-11-25-21-18(19)7-10-24-21/h4-8,10-11,13,15,20H,9,12,14H2,1-3H3,(H,24,25)(H,26,30)/t15-,20?/m1/s1. The molecule has 0 spiro atoms. The third-order valence-corrected chi connectivity index (χ3v) is 6.06. The molecule has 0 aliphatic carbocycles. The molecule has 3 heterocycles. The molecule has 1 aliphatic rings. The fourth-order valence-electron chi connectivity index (χ4n) is 4.21. The van der Waals surface area contributed by atoms with Crippen LogP contribution in [-0.4, -0.2) is 60.2 Å². The molecule has 3 aromatic rings. The molecule has 2 amide bonds. The zero-order valence-corrected chi connectivity index (χ0v) is 18.0. The Hall–Kier alpha value is -3.55. The summed E-state index contributed by atoms with van der Waals surface area (Å²) < 4.78 is 4.76. The van der Waals surface area contributed by atoms with Crippen molar-refractivity contribution in [2.45, 2.75) is 19.4 Å². The normalized spacial score (nSPS) is 18.6. The summed E-state index contributed by atoms with van der Waals surface area (Å²) in [6, 6.07) is 10.8. The number of aromatic nitrogens is 2. The molecular weight excluding hydrogens is 394 g/mol. The van der Waals surface area contributed by atoms with Crippen molar-refractivity contribution in [3.8, 4) is 0 Å². The van der Waals surface area contributed by atoms with Crippen LogP contribution in [-0.2, 0) is 4.74 Å². The highest BCUT2D eigenvalue weighted by Crippen LogP contribution is 2.30. The predicted molar refractivity (Wildman–Crippen MR) is 120 cm³/mol. The van der Waals surface area contributed by atoms with Gasteiger partial charge in [-0.05, 0) is 42.7 Å². The fourth-order valence-corrected chi connectivity index (χ4v) is 4.21. The zero-order chi connectivity index (χ0) is 22.0. The number of rotatable bonds is 4. The molecule has 1 aliphatic heterocycles. The third-order valence-electron chi connectivity index (χ3n) is 6.06. The Bertz CT molecular complexity index is 1100. The van der Waals surface area contributed by atoms with Crippen molar-refractivity contribution in [2.24, 2.45) is 5.92 Å². The highest BCUT2D eigenvalue weighted by molar-refractivity contribution is 5.94. The van der Waals surface area contributed by atoms with Crippen LogP contribution >= 0.6 is 0 Å². The van der Waals surface area contributed by atoms with E-state index >= 15 is 0 Å². The van der Waals surface area contributed by atoms with E-state index in [1.807, 2.05) is 23.2 Å². The van der Waals surface area contributed by atoms with Crippen molar-refractivity contribution in [1.82, 2.24) is 14.9 Å². The van der Waals surface area contributed by atoms with Crippen LogP contribution in [0.2, 0.25) is 0 Å². The molecule has 0 radical (unpaired) electrons. The zero-order valence-electron chi connectivity index (χ0n) is 18.0. The number of hydrogen-bond acceptors (Lipinski definition) is 5. The van der Waals surface area contributed by atoms with Crippen LogP contribution in [0.25, 0.3) is 11.0 Å². The number of fused-ring (bicyclic) bond motifs is 1. The van der Waals surface area contributed by atoms with Gasteiger partial charge >= 0.3 is 12.0 Å². The van der Waals surface area contributed by atoms with E-state index in [0.717, 1.165) is 23.1 Å². The van der Waals surface area contributed by atoms with Crippen molar-refractivity contribution in [1.29, 1.82) is 0 Å². The van der Waals surface area contributed by atoms with Gasteiger partial charge in [0, 0.05) is 55.3 Å². The monoisotopic (exact) mass is 421 g/mol. The first-order chi connectivity index (χ1) is 15.0. The maximum Gasteiger partial charge on any atom is 0.337 e. The lowest BCUT2D eigenvalue weighted by atomic mass is 9.92. The van der Waals surface area contributed by atoms with Crippen LogP contribution < -0.4 is 10.2 Å². The Morgan fingerprint density at radius 3 is 2.94 bits per heavy atom. The van der Waals surface area contributed by atoms with Crippen molar-refractivity contribution >= 4 is 34.4 Å². The Morgan fingerprint density at radius 1 is 1.29 bits per heavy atom. The molecule has 0 saturated carbocycles. The molecule has 162 valence electrons. The van der Waals surface area contributed by atoms with Gasteiger partial charge in [0.05, 0.1) is 12.7 Å². The topological polar surface area (TPSA) is 90.6 Å². The fraction of sp³-hybridized carbons (Fsp3) is 0.348. The third kappa shape index (κ3) is 4.19. The molecule has 1 saturated heterocycles. The molecule has 4 rings (SSSR count). The SMILES string of the molecule is COC(=O)c1cccc(NC(=O)N2CC[C@@H](C)C(N(C)c3ccnc4[nH]ccc34)C2)c1. The van der Waals surface area contributed by atoms with Crippen LogP contribution in [0, 0.1) is 5.92 Å². The highest BCUT2D eigenvalue weighted by Gasteiger charge is 2.32. The summed E-state index contributed by atoms with van der Waals surface area (Å²) in [7, 11) is 3.41. The highest BCUT2D eigenvalue weighted by atomic mass is 16.5. The van der Waals surface area contributed by atoms with Gasteiger partial charge in [0.1, 0.15) is 5.65 Å². The minimum Gasteiger partial charge on any atom is -0.465 e. The molecule has 1 aromatic carbocycles. The van der Waals surface area contributed by atoms with Gasteiger partial charge in [0.15, 0.2) is 0 Å². The number of methoxy groups -OCH3 is 1. The van der Waals surface area contributed by atoms with Gasteiger partial charge in [-0.1, -0.05) is 13.0 Å². The minimum absolute atomic E-state index is 0.168. The van der Waals surface area contributed by atoms with Gasteiger partial charge in [-0.15, -0.1) is 0 Å². The van der Waals surface area contributed by atoms with Gasteiger partial charge in [-0.2, -0.15) is 0 Å². The summed E-state index contributed by atoms with van der Waals surface area (Å²) in [5.41, 5.74) is 2.92. The number of amides is 2. The number of benzene rings is 1. The number of pyridine rings is 1. The summed E-state index contributed by atoms with van der Waals surface area (Å²) in [6.45, 7) is 3.52. The lowest BCUT2D eigenvalue weighted by molar-refractivity contribution is 0.0600. The number of H-pyrrole nitrogens is 1. The Labute approximate surface area is 181 Å². The lowest BCUT2D eigenvalue weighted by Gasteiger charge is -2.42. The first-order valence-corrected chi connectivity index (χ1v) is 10.4. The van der Waals surface area contributed by atoms with Crippen molar-refractivity contribution in [3.05, 3.63) is 54.4 Å². The summed E-state index contributed by atoms with van der Waals surface area (Å²) >= 11 is 0. The Balaban J connectivity index is 1.49. The van der Waals surface area contributed by atoms with E-state index in [-0.39, 0.29) is 12.1 Å². The van der Waals surface area contributed by atoms with Crippen molar-refractivity contribution < 1.29 is 14.3 Å². The second kappa shape index (κ2) is 8.67. The van der Waals surface area contributed by atoms with Crippen LogP contribution in [0.3, 0.4) is 0 Å². The minimum atomic E-state index is -0.432. The van der Waals surface area contributed by atoms with E-state index < -0.39 is 5.97 Å². The summed E-state index contributed by atoms with van der Waals surface area (Å²) in [5, 5.41) is 3.98. The second-order valence-corrected chi connectivity index (χ2v) is 7.96. The molecule has 0 bridgehead atoms. The summed E-state index contributed by atoms with van der Waals surface area (Å²) in [6.07, 6.45) is 4.60. The number of aromatic amines is 1. The smallest absolute Gasteiger partial charge is 0.337 e. The number of nitrogens with one attached hydrogen (secondary N) is 2. The molecule has 8 nitrogen and oxygen atoms in total. The van der Waals surface area contributed by atoms with E-state index in [1.165, 1.54) is 7.11 Å². The van der Waals surface area contributed by atoms with E-state index in [1.54, 1.807) is 30.5 Å². The number of carbonyl (C=O) groups excluding carboxylic acids is 2. The number of likely N-dealkylation sites (tertiary alicyclic amines) is 1. The second-order valence-electron chi connectivity index (χ2n) is 7.96. The maximum atomic E-state index is 13.0. The van der Waals surface area contributed by atoms with Crippen molar-refractivity contribution in [2.75, 3.05) is 37.5 Å². The number of nitrogens with zero attached hydrogens (tertiary/aromatic N) is 3. The molecule has 2 aromatic heterocycles. The number of urea groups is 1. The van der Waals surface area contributed by atoms with Gasteiger partial charge in [-0.25, -0.2) is 14.6 Å². The molecule has 2 N–H and O–H groups in total. The number of esters is 1. The molecule has 8 heteroatoms. The van der Waals surface area contributed by atoms with E-state index in [2.05, 4.69) is 34.2 Å². The van der Waals surface area contributed by atoms with Gasteiger partial charge in [0.2, 0.25) is 0 Å². The number of anilines is 2. The average molecular weight is 422 g/mol. The van der Waals surface area contributed by atoms with Crippen LogP contribution in [0.5, 0.6) is 0 Å². The molecule has 31 heavy (non-hydrogen) atoms. The largest absolute Gasteiger partial charge is 0.465 e. The van der Waals surface area contributed by atoms with E-state index in [9.17, 15) is 9.59 Å². The quantitative estimate of drug-likeness (QED) is 0.627. The molecule has 2 atom stereocenters. The number of ether oxygens (including phenoxy) is 1. The number of carbonyl (C=O) groups is 2. The van der Waals surface area contributed by atoms with Crippen LogP contribution in [0.1, 0.15) is 23.7 Å². The first kappa shape index (κ1) is 20.7. The average Bonchev–Trinajstić information content (AvgIpc) is 3.27. The van der Waals surface area contributed by atoms with Crippen molar-refractivity contribution in [3.63, 3.8) is 0 Å². The first-order valence-electron chi connectivity index (χ1n) is 10.4. The van der Waals surface area contributed by atoms with Gasteiger partial charge in [-0.3, -0.25) is 0 Å². The van der Waals surface area contributed by atoms with Gasteiger partial charge in [0.25, 0.3) is 0 Å². The predicted octanol–water partition coefficient (Wildman–Crippen LogP) is 3.73. The summed E-state index contributed by atoms with van der Waals surface area (Å²) in [4.78, 5) is 36.3. The Morgan fingerprint density at radius 2 is 2.13 bits per heavy atom. The van der Waals surface area contributed by atoms with E-state index in [0.29, 0.717) is 30.3 Å². The van der Waals surface area contributed by atoms with Gasteiger partial charge < -0.3 is 24.8 Å².